The lowest BCUT2D eigenvalue weighted by Gasteiger charge is -2.43. The Morgan fingerprint density at radius 2 is 1.89 bits per heavy atom. The van der Waals surface area contributed by atoms with E-state index in [2.05, 4.69) is 10.2 Å². The summed E-state index contributed by atoms with van der Waals surface area (Å²) in [6, 6.07) is 0. The van der Waals surface area contributed by atoms with E-state index in [4.69, 9.17) is 14.2 Å². The number of rotatable bonds is 12. The molecule has 0 atom stereocenters. The maximum absolute atomic E-state index is 12.0. The van der Waals surface area contributed by atoms with Crippen molar-refractivity contribution in [3.63, 3.8) is 0 Å². The van der Waals surface area contributed by atoms with Crippen LogP contribution in [0.25, 0.3) is 0 Å². The first kappa shape index (κ1) is 22.4. The molecule has 0 spiro atoms. The zero-order valence-electron chi connectivity index (χ0n) is 15.6. The summed E-state index contributed by atoms with van der Waals surface area (Å²) >= 11 is 0. The van der Waals surface area contributed by atoms with Gasteiger partial charge in [0, 0.05) is 24.5 Å². The Kier molecular flexibility index (Phi) is 9.80. The Morgan fingerprint density at radius 1 is 1.22 bits per heavy atom. The van der Waals surface area contributed by atoms with Crippen LogP contribution in [0.15, 0.2) is 0 Å². The highest BCUT2D eigenvalue weighted by atomic mass is 33.1. The molecule has 0 bridgehead atoms. The van der Waals surface area contributed by atoms with Crippen LogP contribution in [0, 0.1) is 15.5 Å². The fraction of sp³-hybridized carbons (Fsp3) is 0.938. The predicted octanol–water partition coefficient (Wildman–Crippen LogP) is 3.36. The molecule has 1 aliphatic carbocycles. The van der Waals surface area contributed by atoms with Gasteiger partial charge in [-0.1, -0.05) is 40.9 Å². The molecule has 0 aromatic rings. The van der Waals surface area contributed by atoms with E-state index >= 15 is 0 Å². The molecule has 9 nitrogen and oxygen atoms in total. The molecule has 2 aliphatic rings. The first-order valence-corrected chi connectivity index (χ1v) is 11.7. The van der Waals surface area contributed by atoms with Gasteiger partial charge in [-0.25, -0.2) is 4.79 Å². The molecule has 1 N–H and O–H groups in total. The van der Waals surface area contributed by atoms with Crippen molar-refractivity contribution in [3.05, 3.63) is 10.1 Å². The molecular weight excluding hydrogens is 396 g/mol. The number of hydrogen-bond donors (Lipinski definition) is 1. The van der Waals surface area contributed by atoms with E-state index < -0.39 is 11.2 Å². The maximum Gasteiger partial charge on any atom is 0.407 e. The van der Waals surface area contributed by atoms with E-state index in [1.165, 1.54) is 28.0 Å². The van der Waals surface area contributed by atoms with Gasteiger partial charge < -0.3 is 24.4 Å². The van der Waals surface area contributed by atoms with Gasteiger partial charge in [-0.2, -0.15) is 0 Å². The van der Waals surface area contributed by atoms with Crippen molar-refractivity contribution < 1.29 is 28.9 Å². The van der Waals surface area contributed by atoms with Crippen LogP contribution in [-0.2, 0) is 19.0 Å². The summed E-state index contributed by atoms with van der Waals surface area (Å²) in [5.74, 6) is 1.12. The van der Waals surface area contributed by atoms with Crippen molar-refractivity contribution in [1.29, 1.82) is 0 Å². The van der Waals surface area contributed by atoms with Gasteiger partial charge >= 0.3 is 6.09 Å². The third-order valence-electron chi connectivity index (χ3n) is 4.65. The lowest BCUT2D eigenvalue weighted by atomic mass is 9.71. The number of ether oxygens (including phenoxy) is 3. The minimum absolute atomic E-state index is 0.0175. The van der Waals surface area contributed by atoms with Crippen molar-refractivity contribution >= 4 is 27.7 Å². The largest absolute Gasteiger partial charge is 0.449 e. The van der Waals surface area contributed by atoms with Crippen LogP contribution in [0.2, 0.25) is 0 Å². The summed E-state index contributed by atoms with van der Waals surface area (Å²) < 4.78 is 16.4. The minimum Gasteiger partial charge on any atom is -0.449 e. The quantitative estimate of drug-likeness (QED) is 0.218. The highest BCUT2D eigenvalue weighted by molar-refractivity contribution is 8.76. The number of alkyl carbamates (subject to hydrolysis) is 1. The van der Waals surface area contributed by atoms with Crippen LogP contribution in [0.4, 0.5) is 4.79 Å². The highest BCUT2D eigenvalue weighted by Crippen LogP contribution is 2.42. The first-order valence-electron chi connectivity index (χ1n) is 9.22. The molecule has 0 aromatic heterocycles. The van der Waals surface area contributed by atoms with Gasteiger partial charge in [-0.3, -0.25) is 0 Å². The molecule has 27 heavy (non-hydrogen) atoms. The Labute approximate surface area is 167 Å². The Bertz CT molecular complexity index is 472. The second-order valence-electron chi connectivity index (χ2n) is 6.72. The summed E-state index contributed by atoms with van der Waals surface area (Å²) in [6.45, 7) is 2.80. The summed E-state index contributed by atoms with van der Waals surface area (Å²) in [4.78, 5) is 26.1. The molecule has 2 fully saturated rings. The fourth-order valence-corrected chi connectivity index (χ4v) is 5.03. The highest BCUT2D eigenvalue weighted by Gasteiger charge is 2.39. The molecule has 11 heteroatoms. The van der Waals surface area contributed by atoms with Gasteiger partial charge in [0.05, 0.1) is 0 Å². The van der Waals surface area contributed by atoms with E-state index in [9.17, 15) is 14.9 Å². The van der Waals surface area contributed by atoms with E-state index in [1.807, 2.05) is 6.92 Å². The van der Waals surface area contributed by atoms with Crippen molar-refractivity contribution in [2.45, 2.75) is 58.0 Å². The summed E-state index contributed by atoms with van der Waals surface area (Å²) in [5, 5.41) is 12.1. The maximum atomic E-state index is 12.0. The Hall–Kier alpha value is -0.910. The van der Waals surface area contributed by atoms with E-state index in [1.54, 1.807) is 0 Å². The molecular formula is C16H28N2O7S2. The SMILES string of the molecule is CC1OC(CC2(CNC(=O)OCCSSCCO[N+](=O)[O-])CCCCC2)O1. The third-order valence-corrected chi connectivity index (χ3v) is 6.99. The number of nitrogens with one attached hydrogen (secondary N) is 1. The van der Waals surface area contributed by atoms with Gasteiger partial charge in [-0.15, -0.1) is 10.1 Å². The Balaban J connectivity index is 1.56. The summed E-state index contributed by atoms with van der Waals surface area (Å²) in [7, 11) is 2.93. The van der Waals surface area contributed by atoms with Crippen LogP contribution in [0.5, 0.6) is 0 Å². The lowest BCUT2D eigenvalue weighted by Crippen LogP contribution is -2.47. The minimum atomic E-state index is -0.804. The van der Waals surface area contributed by atoms with Crippen LogP contribution >= 0.6 is 21.6 Å². The average molecular weight is 425 g/mol. The standard InChI is InChI=1S/C16H28N2O7S2/c1-13-24-14(25-13)11-16(5-3-2-4-6-16)12-17-15(19)22-7-9-26-27-10-8-23-18(20)21/h13-14H,2-12H2,1H3,(H,17,19). The van der Waals surface area contributed by atoms with Crippen LogP contribution in [0.1, 0.15) is 45.4 Å². The average Bonchev–Trinajstić information content (AvgIpc) is 2.61. The van der Waals surface area contributed by atoms with Crippen molar-refractivity contribution in [2.75, 3.05) is 31.3 Å². The number of hydrogen-bond acceptors (Lipinski definition) is 9. The second-order valence-corrected chi connectivity index (χ2v) is 9.43. The molecule has 1 aliphatic heterocycles. The number of nitrogens with zero attached hydrogens (tertiary/aromatic N) is 1. The zero-order valence-corrected chi connectivity index (χ0v) is 17.2. The fourth-order valence-electron chi connectivity index (χ4n) is 3.39. The monoisotopic (exact) mass is 424 g/mol. The van der Waals surface area contributed by atoms with Gasteiger partial charge in [-0.05, 0) is 25.2 Å². The van der Waals surface area contributed by atoms with Gasteiger partial charge in [0.2, 0.25) is 0 Å². The first-order chi connectivity index (χ1) is 13.0. The van der Waals surface area contributed by atoms with E-state index in [-0.39, 0.29) is 24.6 Å². The van der Waals surface area contributed by atoms with E-state index in [0.29, 0.717) is 24.7 Å². The number of amides is 1. The van der Waals surface area contributed by atoms with Crippen molar-refractivity contribution in [1.82, 2.24) is 5.32 Å². The predicted molar refractivity (Wildman–Crippen MR) is 103 cm³/mol. The molecule has 156 valence electrons. The molecule has 0 unspecified atom stereocenters. The molecule has 1 amide bonds. The normalized spacial score (nSPS) is 23.9. The third kappa shape index (κ3) is 8.75. The topological polar surface area (TPSA) is 109 Å². The van der Waals surface area contributed by atoms with Crippen LogP contribution in [-0.4, -0.2) is 55.0 Å². The van der Waals surface area contributed by atoms with Gasteiger partial charge in [0.15, 0.2) is 12.6 Å². The smallest absolute Gasteiger partial charge is 0.407 e. The van der Waals surface area contributed by atoms with Gasteiger partial charge in [0.25, 0.3) is 5.09 Å². The van der Waals surface area contributed by atoms with Crippen molar-refractivity contribution in [3.8, 4) is 0 Å². The molecule has 2 rings (SSSR count). The summed E-state index contributed by atoms with van der Waals surface area (Å²) in [6.07, 6.45) is 5.77. The van der Waals surface area contributed by atoms with Gasteiger partial charge in [0.1, 0.15) is 13.2 Å². The second kappa shape index (κ2) is 11.8. The summed E-state index contributed by atoms with van der Waals surface area (Å²) in [5.41, 5.74) is 0.0175. The van der Waals surface area contributed by atoms with Crippen LogP contribution in [0.3, 0.4) is 0 Å². The van der Waals surface area contributed by atoms with Crippen molar-refractivity contribution in [2.24, 2.45) is 5.41 Å². The molecule has 1 heterocycles. The number of carbonyl (C=O) groups is 1. The molecule has 0 aromatic carbocycles. The molecule has 1 saturated carbocycles. The van der Waals surface area contributed by atoms with Crippen LogP contribution < -0.4 is 5.32 Å². The lowest BCUT2D eigenvalue weighted by molar-refractivity contribution is -0.756. The number of carbonyl (C=O) groups excluding carboxylic acids is 1. The zero-order chi connectivity index (χ0) is 19.5. The molecule has 1 saturated heterocycles. The Morgan fingerprint density at radius 3 is 2.52 bits per heavy atom. The molecule has 0 radical (unpaired) electrons. The van der Waals surface area contributed by atoms with E-state index in [0.717, 1.165) is 32.1 Å².